The van der Waals surface area contributed by atoms with Crippen molar-refractivity contribution in [1.29, 1.82) is 0 Å². The minimum atomic E-state index is -4.58. The van der Waals surface area contributed by atoms with Gasteiger partial charge in [-0.25, -0.2) is 8.42 Å². The van der Waals surface area contributed by atoms with Gasteiger partial charge in [0.1, 0.15) is 5.60 Å². The Bertz CT molecular complexity index is 1480. The number of anilines is 1. The summed E-state index contributed by atoms with van der Waals surface area (Å²) in [4.78, 5) is 27.8. The Balaban J connectivity index is 1.41. The second kappa shape index (κ2) is 12.0. The maximum absolute atomic E-state index is 13.8. The normalized spacial score (nSPS) is 21.9. The van der Waals surface area contributed by atoms with E-state index in [-0.39, 0.29) is 34.6 Å². The maximum Gasteiger partial charge on any atom is 0.416 e. The standard InChI is InChI=1S/C33H40F3NO5S2/c1-20-17-28(43-29-27(38)19-32(42-30(29)39,21-9-5-6-10-21)22-11-7-8-12-22)25(31(2,3)4)18-26(20)37-44(40,41)24-15-13-23(14-16-24)33(34,35)36/h13-18,21-22,29,37H,5-12,19H2,1-4H3. The SMILES string of the molecule is Cc1cc(SC2C(=O)CC(C3CCCC3)(C3CCCC3)OC2=O)c(C(C)(C)C)cc1NS(=O)(=O)c1ccc(C(F)(F)F)cc1. The number of cyclic esters (lactones) is 1. The molecule has 6 nitrogen and oxygen atoms in total. The number of benzene rings is 2. The van der Waals surface area contributed by atoms with Crippen molar-refractivity contribution in [3.63, 3.8) is 0 Å². The zero-order valence-corrected chi connectivity index (χ0v) is 27.2. The third kappa shape index (κ3) is 6.55. The van der Waals surface area contributed by atoms with Crippen molar-refractivity contribution in [3.8, 4) is 0 Å². The van der Waals surface area contributed by atoms with Crippen molar-refractivity contribution in [2.24, 2.45) is 11.8 Å². The van der Waals surface area contributed by atoms with E-state index < -0.39 is 44.0 Å². The van der Waals surface area contributed by atoms with E-state index in [2.05, 4.69) is 4.72 Å². The summed E-state index contributed by atoms with van der Waals surface area (Å²) in [6.45, 7) is 7.54. The third-order valence-corrected chi connectivity index (χ3v) is 12.1. The number of esters is 1. The van der Waals surface area contributed by atoms with Crippen LogP contribution in [0.5, 0.6) is 0 Å². The molecule has 3 aliphatic rings. The van der Waals surface area contributed by atoms with Crippen LogP contribution in [0.1, 0.15) is 95.2 Å². The monoisotopic (exact) mass is 651 g/mol. The number of halogens is 3. The van der Waals surface area contributed by atoms with E-state index in [0.717, 1.165) is 93.0 Å². The Hall–Kier alpha value is -2.53. The van der Waals surface area contributed by atoms with Crippen LogP contribution in [-0.4, -0.2) is 31.0 Å². The van der Waals surface area contributed by atoms with Gasteiger partial charge in [0.15, 0.2) is 11.0 Å². The lowest BCUT2D eigenvalue weighted by Gasteiger charge is -2.46. The summed E-state index contributed by atoms with van der Waals surface area (Å²) >= 11 is 1.15. The number of alkyl halides is 3. The number of ketones is 1. The lowest BCUT2D eigenvalue weighted by molar-refractivity contribution is -0.186. The van der Waals surface area contributed by atoms with Crippen LogP contribution in [0.25, 0.3) is 0 Å². The summed E-state index contributed by atoms with van der Waals surface area (Å²) in [6, 6.07) is 6.75. The number of ether oxygens (including phenoxy) is 1. The van der Waals surface area contributed by atoms with Crippen LogP contribution in [-0.2, 0) is 35.9 Å². The molecule has 1 aliphatic heterocycles. The Morgan fingerprint density at radius 2 is 1.45 bits per heavy atom. The molecule has 1 N–H and O–H groups in total. The molecule has 1 heterocycles. The molecule has 0 amide bonds. The predicted molar refractivity (Wildman–Crippen MR) is 164 cm³/mol. The Labute approximate surface area is 262 Å². The lowest BCUT2D eigenvalue weighted by Crippen LogP contribution is -2.56. The zero-order valence-electron chi connectivity index (χ0n) is 25.6. The van der Waals surface area contributed by atoms with Gasteiger partial charge >= 0.3 is 12.1 Å². The Kier molecular flexibility index (Phi) is 8.96. The van der Waals surface area contributed by atoms with Gasteiger partial charge in [0, 0.05) is 11.3 Å². The van der Waals surface area contributed by atoms with Crippen molar-refractivity contribution in [1.82, 2.24) is 0 Å². The highest BCUT2D eigenvalue weighted by molar-refractivity contribution is 8.01. The number of hydrogen-bond donors (Lipinski definition) is 1. The van der Waals surface area contributed by atoms with Crippen molar-refractivity contribution in [3.05, 3.63) is 53.1 Å². The van der Waals surface area contributed by atoms with Gasteiger partial charge in [-0.2, -0.15) is 13.2 Å². The molecule has 2 saturated carbocycles. The number of sulfonamides is 1. The minimum Gasteiger partial charge on any atom is -0.457 e. The number of carbonyl (C=O) groups is 2. The summed E-state index contributed by atoms with van der Waals surface area (Å²) in [5.41, 5.74) is -0.617. The maximum atomic E-state index is 13.8. The van der Waals surface area contributed by atoms with Crippen LogP contribution in [0.15, 0.2) is 46.2 Å². The van der Waals surface area contributed by atoms with E-state index in [0.29, 0.717) is 10.5 Å². The van der Waals surface area contributed by atoms with Gasteiger partial charge in [-0.1, -0.05) is 46.5 Å². The molecule has 240 valence electrons. The van der Waals surface area contributed by atoms with Gasteiger partial charge in [-0.15, -0.1) is 11.8 Å². The smallest absolute Gasteiger partial charge is 0.416 e. The van der Waals surface area contributed by atoms with Gasteiger partial charge in [0.2, 0.25) is 0 Å². The lowest BCUT2D eigenvalue weighted by atomic mass is 9.70. The molecule has 0 radical (unpaired) electrons. The zero-order chi connectivity index (χ0) is 32.1. The molecule has 3 fully saturated rings. The van der Waals surface area contributed by atoms with Crippen molar-refractivity contribution < 1.29 is 35.9 Å². The van der Waals surface area contributed by atoms with Crippen LogP contribution in [0, 0.1) is 18.8 Å². The summed E-state index contributed by atoms with van der Waals surface area (Å²) in [5.74, 6) is -0.174. The van der Waals surface area contributed by atoms with Gasteiger partial charge in [0.25, 0.3) is 10.0 Å². The highest BCUT2D eigenvalue weighted by atomic mass is 32.2. The number of hydrogen-bond acceptors (Lipinski definition) is 6. The number of nitrogens with one attached hydrogen (secondary N) is 1. The molecule has 0 aromatic heterocycles. The summed E-state index contributed by atoms with van der Waals surface area (Å²) in [6.07, 6.45) is 3.93. The number of rotatable bonds is 7. The summed E-state index contributed by atoms with van der Waals surface area (Å²) in [7, 11) is -4.20. The highest BCUT2D eigenvalue weighted by Crippen LogP contribution is 2.52. The van der Waals surface area contributed by atoms with E-state index >= 15 is 0 Å². The van der Waals surface area contributed by atoms with Crippen LogP contribution in [0.4, 0.5) is 18.9 Å². The van der Waals surface area contributed by atoms with Crippen LogP contribution in [0.2, 0.25) is 0 Å². The minimum absolute atomic E-state index is 0.116. The molecule has 5 rings (SSSR count). The largest absolute Gasteiger partial charge is 0.457 e. The fourth-order valence-electron chi connectivity index (χ4n) is 7.13. The van der Waals surface area contributed by atoms with E-state index in [1.807, 2.05) is 20.8 Å². The molecular formula is C33H40F3NO5S2. The molecule has 44 heavy (non-hydrogen) atoms. The van der Waals surface area contributed by atoms with Crippen molar-refractivity contribution in [2.75, 3.05) is 4.72 Å². The molecule has 1 unspecified atom stereocenters. The van der Waals surface area contributed by atoms with Crippen molar-refractivity contribution in [2.45, 2.75) is 118 Å². The Morgan fingerprint density at radius 1 is 0.909 bits per heavy atom. The average molecular weight is 652 g/mol. The molecule has 0 spiro atoms. The summed E-state index contributed by atoms with van der Waals surface area (Å²) < 4.78 is 74.1. The molecule has 2 aliphatic carbocycles. The van der Waals surface area contributed by atoms with Gasteiger partial charge in [0.05, 0.1) is 16.1 Å². The van der Waals surface area contributed by atoms with Crippen LogP contribution >= 0.6 is 11.8 Å². The first-order valence-electron chi connectivity index (χ1n) is 15.3. The number of Topliss-reactive ketones (excluding diaryl/α,β-unsaturated/α-hetero) is 1. The fourth-order valence-corrected chi connectivity index (χ4v) is 9.61. The number of thioether (sulfide) groups is 1. The molecule has 2 aromatic rings. The van der Waals surface area contributed by atoms with E-state index in [1.54, 1.807) is 19.1 Å². The average Bonchev–Trinajstić information content (AvgIpc) is 3.66. The quantitative estimate of drug-likeness (QED) is 0.240. The van der Waals surface area contributed by atoms with Gasteiger partial charge < -0.3 is 4.74 Å². The molecule has 1 saturated heterocycles. The number of aryl methyl sites for hydroxylation is 1. The first-order valence-corrected chi connectivity index (χ1v) is 17.6. The molecule has 0 bridgehead atoms. The molecular weight excluding hydrogens is 611 g/mol. The Morgan fingerprint density at radius 3 is 1.93 bits per heavy atom. The molecule has 1 atom stereocenters. The van der Waals surface area contributed by atoms with Crippen LogP contribution < -0.4 is 4.72 Å². The molecule has 11 heteroatoms. The van der Waals surface area contributed by atoms with Gasteiger partial charge in [-0.3, -0.25) is 14.3 Å². The van der Waals surface area contributed by atoms with Gasteiger partial charge in [-0.05, 0) is 97.4 Å². The highest BCUT2D eigenvalue weighted by Gasteiger charge is 2.56. The van der Waals surface area contributed by atoms with E-state index in [1.165, 1.54) is 0 Å². The third-order valence-electron chi connectivity index (χ3n) is 9.46. The predicted octanol–water partition coefficient (Wildman–Crippen LogP) is 8.21. The second-order valence-electron chi connectivity index (χ2n) is 13.5. The molecule has 2 aromatic carbocycles. The fraction of sp³-hybridized carbons (Fsp3) is 0.576. The summed E-state index contributed by atoms with van der Waals surface area (Å²) in [5, 5.41) is -1.01. The number of carbonyl (C=O) groups excluding carboxylic acids is 2. The first kappa shape index (κ1) is 32.9. The van der Waals surface area contributed by atoms with Crippen LogP contribution in [0.3, 0.4) is 0 Å². The second-order valence-corrected chi connectivity index (χ2v) is 16.4. The first-order chi connectivity index (χ1) is 20.5. The van der Waals surface area contributed by atoms with Crippen molar-refractivity contribution >= 4 is 39.2 Å². The topological polar surface area (TPSA) is 89.5 Å². The van der Waals surface area contributed by atoms with E-state index in [4.69, 9.17) is 4.74 Å². The van der Waals surface area contributed by atoms with E-state index in [9.17, 15) is 31.2 Å².